The number of ether oxygens (including phenoxy) is 1. The molecule has 2 aromatic carbocycles. The van der Waals surface area contributed by atoms with Crippen LogP contribution in [0.3, 0.4) is 0 Å². The summed E-state index contributed by atoms with van der Waals surface area (Å²) in [6.45, 7) is 2.90. The Morgan fingerprint density at radius 2 is 1.72 bits per heavy atom. The van der Waals surface area contributed by atoms with Crippen molar-refractivity contribution in [2.24, 2.45) is 0 Å². The lowest BCUT2D eigenvalue weighted by Gasteiger charge is -2.29. The summed E-state index contributed by atoms with van der Waals surface area (Å²) in [7, 11) is -2.79. The molecule has 0 N–H and O–H groups in total. The van der Waals surface area contributed by atoms with Crippen LogP contribution in [0, 0.1) is 0 Å². The van der Waals surface area contributed by atoms with Gasteiger partial charge in [-0.05, 0) is 35.9 Å². The third kappa shape index (κ3) is 5.03. The Hall–Kier alpha value is -1.81. The lowest BCUT2D eigenvalue weighted by Crippen LogP contribution is -2.36. The highest BCUT2D eigenvalue weighted by molar-refractivity contribution is 7.89. The van der Waals surface area contributed by atoms with Gasteiger partial charge >= 0.3 is 6.18 Å². The topological polar surface area (TPSA) is 49.9 Å². The number of sulfonamides is 1. The fourth-order valence-corrected chi connectivity index (χ4v) is 4.45. The zero-order chi connectivity index (χ0) is 21.2. The van der Waals surface area contributed by atoms with Crippen LogP contribution in [0.1, 0.15) is 11.1 Å². The van der Waals surface area contributed by atoms with Gasteiger partial charge < -0.3 is 9.64 Å². The minimum Gasteiger partial charge on any atom is -0.378 e. The molecule has 0 aromatic heterocycles. The molecule has 1 aliphatic rings. The highest BCUT2D eigenvalue weighted by Gasteiger charge is 2.35. The number of hydrogen-bond donors (Lipinski definition) is 0. The average Bonchev–Trinajstić information content (AvgIpc) is 2.68. The number of anilines is 1. The summed E-state index contributed by atoms with van der Waals surface area (Å²) in [5.41, 5.74) is 0.552. The minimum absolute atomic E-state index is 0.0235. The first-order chi connectivity index (χ1) is 13.6. The zero-order valence-corrected chi connectivity index (χ0v) is 17.2. The molecule has 0 spiro atoms. The number of rotatable bonds is 5. The van der Waals surface area contributed by atoms with Crippen LogP contribution in [0.15, 0.2) is 47.4 Å². The quantitative estimate of drug-likeness (QED) is 0.693. The predicted molar refractivity (Wildman–Crippen MR) is 105 cm³/mol. The molecule has 0 aliphatic carbocycles. The van der Waals surface area contributed by atoms with Crippen molar-refractivity contribution in [3.05, 3.63) is 58.6 Å². The number of alkyl halides is 3. The van der Waals surface area contributed by atoms with E-state index < -0.39 is 31.7 Å². The Morgan fingerprint density at radius 1 is 1.10 bits per heavy atom. The van der Waals surface area contributed by atoms with Gasteiger partial charge in [-0.1, -0.05) is 23.7 Å². The van der Waals surface area contributed by atoms with E-state index >= 15 is 0 Å². The van der Waals surface area contributed by atoms with Crippen molar-refractivity contribution in [3.63, 3.8) is 0 Å². The summed E-state index contributed by atoms with van der Waals surface area (Å²) in [6, 6.07) is 9.98. The van der Waals surface area contributed by atoms with Crippen LogP contribution in [0.5, 0.6) is 0 Å². The number of morpholine rings is 1. The summed E-state index contributed by atoms with van der Waals surface area (Å²) in [5, 5.41) is -0.544. The van der Waals surface area contributed by atoms with Gasteiger partial charge in [-0.25, -0.2) is 8.42 Å². The maximum absolute atomic E-state index is 13.1. The molecule has 3 rings (SSSR count). The van der Waals surface area contributed by atoms with E-state index in [9.17, 15) is 21.6 Å². The molecule has 0 radical (unpaired) electrons. The molecule has 1 aliphatic heterocycles. The predicted octanol–water partition coefficient (Wildman–Crippen LogP) is 4.02. The molecule has 0 bridgehead atoms. The number of nitrogens with zero attached hydrogens (tertiary/aromatic N) is 2. The van der Waals surface area contributed by atoms with E-state index in [1.165, 1.54) is 7.05 Å². The molecule has 5 nitrogen and oxygen atoms in total. The maximum atomic E-state index is 13.1. The zero-order valence-electron chi connectivity index (χ0n) is 15.6. The number of hydrogen-bond acceptors (Lipinski definition) is 4. The monoisotopic (exact) mass is 448 g/mol. The van der Waals surface area contributed by atoms with Crippen molar-refractivity contribution < 1.29 is 26.3 Å². The first-order valence-electron chi connectivity index (χ1n) is 8.84. The fraction of sp³-hybridized carbons (Fsp3) is 0.368. The summed E-state index contributed by atoms with van der Waals surface area (Å²) >= 11 is 5.58. The van der Waals surface area contributed by atoms with Crippen molar-refractivity contribution in [2.45, 2.75) is 17.6 Å². The molecule has 0 unspecified atom stereocenters. The summed E-state index contributed by atoms with van der Waals surface area (Å²) in [4.78, 5) is 1.71. The van der Waals surface area contributed by atoms with Crippen molar-refractivity contribution in [1.29, 1.82) is 0 Å². The number of benzene rings is 2. The molecule has 0 atom stereocenters. The SMILES string of the molecule is CN(Cc1ccc(N2CCOCC2)cc1)S(=O)(=O)c1ccc(Cl)c(C(F)(F)F)c1. The van der Waals surface area contributed by atoms with E-state index in [1.807, 2.05) is 12.1 Å². The van der Waals surface area contributed by atoms with Gasteiger partial charge in [0, 0.05) is 32.4 Å². The van der Waals surface area contributed by atoms with E-state index in [4.69, 9.17) is 16.3 Å². The van der Waals surface area contributed by atoms with Crippen molar-refractivity contribution in [2.75, 3.05) is 38.3 Å². The highest BCUT2D eigenvalue weighted by atomic mass is 35.5. The van der Waals surface area contributed by atoms with Crippen LogP contribution < -0.4 is 4.90 Å². The molecule has 1 fully saturated rings. The molecule has 10 heteroatoms. The third-order valence-corrected chi connectivity index (χ3v) is 6.80. The van der Waals surface area contributed by atoms with E-state index in [2.05, 4.69) is 4.90 Å². The van der Waals surface area contributed by atoms with Gasteiger partial charge in [0.05, 0.1) is 28.7 Å². The molecule has 1 heterocycles. The molecule has 1 saturated heterocycles. The van der Waals surface area contributed by atoms with Gasteiger partial charge in [0.15, 0.2) is 0 Å². The second-order valence-corrected chi connectivity index (χ2v) is 9.12. The lowest BCUT2D eigenvalue weighted by atomic mass is 10.2. The molecular weight excluding hydrogens is 429 g/mol. The van der Waals surface area contributed by atoms with Crippen LogP contribution in [-0.4, -0.2) is 46.1 Å². The second-order valence-electron chi connectivity index (χ2n) is 6.67. The van der Waals surface area contributed by atoms with E-state index in [1.54, 1.807) is 12.1 Å². The summed E-state index contributed by atoms with van der Waals surface area (Å²) in [5.74, 6) is 0. The second kappa shape index (κ2) is 8.51. The summed E-state index contributed by atoms with van der Waals surface area (Å²) in [6.07, 6.45) is -4.74. The smallest absolute Gasteiger partial charge is 0.378 e. The van der Waals surface area contributed by atoms with Crippen LogP contribution in [0.25, 0.3) is 0 Å². The van der Waals surface area contributed by atoms with Crippen molar-refractivity contribution in [1.82, 2.24) is 4.31 Å². The molecule has 0 saturated carbocycles. The number of halogens is 4. The third-order valence-electron chi connectivity index (χ3n) is 4.67. The Balaban J connectivity index is 1.76. The van der Waals surface area contributed by atoms with Crippen LogP contribution in [-0.2, 0) is 27.5 Å². The van der Waals surface area contributed by atoms with E-state index in [0.717, 1.165) is 40.8 Å². The summed E-state index contributed by atoms with van der Waals surface area (Å²) < 4.78 is 71.0. The Morgan fingerprint density at radius 3 is 2.31 bits per heavy atom. The standard InChI is InChI=1S/C19H20ClF3N2O3S/c1-24(13-14-2-4-15(5-3-14)25-8-10-28-11-9-25)29(26,27)16-6-7-18(20)17(12-16)19(21,22)23/h2-7,12H,8-11,13H2,1H3. The maximum Gasteiger partial charge on any atom is 0.417 e. The Labute approximate surface area is 172 Å². The molecule has 29 heavy (non-hydrogen) atoms. The first kappa shape index (κ1) is 21.9. The van der Waals surface area contributed by atoms with E-state index in [-0.39, 0.29) is 6.54 Å². The molecule has 2 aromatic rings. The average molecular weight is 449 g/mol. The van der Waals surface area contributed by atoms with Crippen molar-refractivity contribution in [3.8, 4) is 0 Å². The molecule has 0 amide bonds. The first-order valence-corrected chi connectivity index (χ1v) is 10.7. The highest BCUT2D eigenvalue weighted by Crippen LogP contribution is 2.36. The largest absolute Gasteiger partial charge is 0.417 e. The van der Waals surface area contributed by atoms with Gasteiger partial charge in [0.1, 0.15) is 0 Å². The normalized spacial score (nSPS) is 15.7. The fourth-order valence-electron chi connectivity index (χ4n) is 3.04. The Bertz CT molecular complexity index is 960. The van der Waals surface area contributed by atoms with Crippen LogP contribution in [0.4, 0.5) is 18.9 Å². The van der Waals surface area contributed by atoms with Gasteiger partial charge in [-0.2, -0.15) is 17.5 Å². The van der Waals surface area contributed by atoms with Crippen LogP contribution >= 0.6 is 11.6 Å². The molecule has 158 valence electrons. The molecular formula is C19H20ClF3N2O3S. The van der Waals surface area contributed by atoms with Crippen LogP contribution in [0.2, 0.25) is 5.02 Å². The van der Waals surface area contributed by atoms with Gasteiger partial charge in [0.25, 0.3) is 0 Å². The van der Waals surface area contributed by atoms with E-state index in [0.29, 0.717) is 19.3 Å². The van der Waals surface area contributed by atoms with Gasteiger partial charge in [-0.15, -0.1) is 0 Å². The Kier molecular flexibility index (Phi) is 6.42. The minimum atomic E-state index is -4.74. The van der Waals surface area contributed by atoms with Crippen molar-refractivity contribution >= 4 is 27.3 Å². The van der Waals surface area contributed by atoms with Gasteiger partial charge in [-0.3, -0.25) is 0 Å². The van der Waals surface area contributed by atoms with Gasteiger partial charge in [0.2, 0.25) is 10.0 Å². The lowest BCUT2D eigenvalue weighted by molar-refractivity contribution is -0.137.